The van der Waals surface area contributed by atoms with Crippen LogP contribution in [0.25, 0.3) is 56.4 Å². The molecule has 6 nitrogen and oxygen atoms in total. The first-order valence-corrected chi connectivity index (χ1v) is 11.3. The van der Waals surface area contributed by atoms with E-state index in [2.05, 4.69) is 97.8 Å². The van der Waals surface area contributed by atoms with Crippen LogP contribution in [0.15, 0.2) is 72.8 Å². The van der Waals surface area contributed by atoms with E-state index in [0.29, 0.717) is 0 Å². The average Bonchev–Trinajstić information content (AvgIpc) is 3.57. The highest BCUT2D eigenvalue weighted by Gasteiger charge is 2.22. The van der Waals surface area contributed by atoms with Crippen LogP contribution in [-0.2, 0) is 13.5 Å². The van der Waals surface area contributed by atoms with E-state index < -0.39 is 0 Å². The zero-order valence-electron chi connectivity index (χ0n) is 18.1. The quantitative estimate of drug-likeness (QED) is 0.345. The van der Waals surface area contributed by atoms with Gasteiger partial charge in [-0.3, -0.25) is 13.4 Å². The Morgan fingerprint density at radius 2 is 1.55 bits per heavy atom. The maximum atomic E-state index is 5.07. The van der Waals surface area contributed by atoms with Gasteiger partial charge in [-0.05, 0) is 61.4 Å². The molecule has 0 bridgehead atoms. The smallest absolute Gasteiger partial charge is 0.220 e. The number of allylic oxidation sites excluding steroid dienone is 1. The van der Waals surface area contributed by atoms with Crippen LogP contribution in [-0.4, -0.2) is 27.9 Å². The molecule has 7 aromatic rings. The second-order valence-corrected chi connectivity index (χ2v) is 8.81. The Morgan fingerprint density at radius 1 is 0.727 bits per heavy atom. The molecule has 0 unspecified atom stereocenters. The van der Waals surface area contributed by atoms with Crippen molar-refractivity contribution in [3.8, 4) is 5.69 Å². The third kappa shape index (κ3) is 2.08. The Bertz CT molecular complexity index is 1940. The molecule has 0 N–H and O–H groups in total. The van der Waals surface area contributed by atoms with Gasteiger partial charge in [-0.2, -0.15) is 0 Å². The summed E-state index contributed by atoms with van der Waals surface area (Å²) < 4.78 is 9.06. The Hall–Kier alpha value is -4.32. The van der Waals surface area contributed by atoms with E-state index >= 15 is 0 Å². The van der Waals surface area contributed by atoms with Crippen molar-refractivity contribution in [2.45, 2.75) is 12.8 Å². The summed E-state index contributed by atoms with van der Waals surface area (Å²) in [7, 11) is 2.08. The highest BCUT2D eigenvalue weighted by Crippen LogP contribution is 2.32. The highest BCUT2D eigenvalue weighted by atomic mass is 15.2. The molecule has 4 heterocycles. The zero-order chi connectivity index (χ0) is 21.7. The highest BCUT2D eigenvalue weighted by molar-refractivity contribution is 5.92. The molecule has 0 amide bonds. The molecule has 158 valence electrons. The summed E-state index contributed by atoms with van der Waals surface area (Å²) >= 11 is 0. The monoisotopic (exact) mass is 428 g/mol. The predicted molar refractivity (Wildman–Crippen MR) is 132 cm³/mol. The van der Waals surface area contributed by atoms with E-state index in [1.54, 1.807) is 0 Å². The summed E-state index contributed by atoms with van der Waals surface area (Å²) in [4.78, 5) is 9.95. The Balaban J connectivity index is 1.51. The van der Waals surface area contributed by atoms with Crippen molar-refractivity contribution >= 4 is 50.7 Å². The van der Waals surface area contributed by atoms with Crippen molar-refractivity contribution in [3.05, 3.63) is 84.2 Å². The van der Waals surface area contributed by atoms with Crippen molar-refractivity contribution in [2.75, 3.05) is 0 Å². The third-order valence-corrected chi connectivity index (χ3v) is 7.04. The molecule has 0 atom stereocenters. The molecule has 0 spiro atoms. The Kier molecular flexibility index (Phi) is 3.10. The van der Waals surface area contributed by atoms with E-state index in [4.69, 9.17) is 9.97 Å². The van der Waals surface area contributed by atoms with Gasteiger partial charge in [0.15, 0.2) is 0 Å². The van der Waals surface area contributed by atoms with E-state index in [9.17, 15) is 0 Å². The van der Waals surface area contributed by atoms with Gasteiger partial charge >= 0.3 is 0 Å². The van der Waals surface area contributed by atoms with E-state index in [-0.39, 0.29) is 0 Å². The minimum atomic E-state index is 0.951. The van der Waals surface area contributed by atoms with E-state index in [0.717, 1.165) is 57.8 Å². The molecule has 4 aromatic heterocycles. The molecule has 8 rings (SSSR count). The fourth-order valence-electron chi connectivity index (χ4n) is 5.55. The van der Waals surface area contributed by atoms with E-state index in [1.807, 2.05) is 6.07 Å². The average molecular weight is 428 g/mol. The molecule has 0 radical (unpaired) electrons. The first-order valence-electron chi connectivity index (χ1n) is 11.3. The number of para-hydroxylation sites is 4. The summed E-state index contributed by atoms with van der Waals surface area (Å²) in [5, 5.41) is 0. The molecule has 0 fully saturated rings. The number of rotatable bonds is 1. The van der Waals surface area contributed by atoms with Crippen LogP contribution < -0.4 is 0 Å². The molecule has 6 heteroatoms. The lowest BCUT2D eigenvalue weighted by molar-refractivity contribution is 0.920. The third-order valence-electron chi connectivity index (χ3n) is 7.04. The van der Waals surface area contributed by atoms with Crippen LogP contribution in [0.4, 0.5) is 0 Å². The number of hydrogen-bond acceptors (Lipinski definition) is 2. The molecule has 0 saturated heterocycles. The Labute approximate surface area is 188 Å². The zero-order valence-corrected chi connectivity index (χ0v) is 18.1. The lowest BCUT2D eigenvalue weighted by atomic mass is 10.1. The normalized spacial score (nSPS) is 13.8. The number of hydrogen-bond donors (Lipinski definition) is 0. The Morgan fingerprint density at radius 3 is 2.45 bits per heavy atom. The minimum Gasteiger partial charge on any atom is -0.313 e. The summed E-state index contributed by atoms with van der Waals surface area (Å²) in [6, 6.07) is 23.6. The SMILES string of the molecule is Cn1c2ccc(-n3c4ccccc4n4c5c(nc34)C=CCC5)cc2n2c3ccccc3nc12. The standard InChI is InChI=1S/C27H20N6/c1-30-22-15-14-17(16-25(22)33-21-11-5-2-8-18(21)28-26(30)33)31-23-12-6-7-13-24(23)32-20-10-4-3-9-19(20)29-27(31)32/h2-3,5-9,11-16H,4,10H2,1H3. The molecule has 0 saturated carbocycles. The maximum Gasteiger partial charge on any atom is 0.220 e. The van der Waals surface area contributed by atoms with E-state index in [1.165, 1.54) is 16.7 Å². The van der Waals surface area contributed by atoms with Crippen LogP contribution in [0.5, 0.6) is 0 Å². The first-order chi connectivity index (χ1) is 16.3. The minimum absolute atomic E-state index is 0.951. The molecule has 1 aliphatic rings. The molecule has 0 aliphatic heterocycles. The van der Waals surface area contributed by atoms with Gasteiger partial charge in [0.2, 0.25) is 11.6 Å². The van der Waals surface area contributed by atoms with Gasteiger partial charge in [-0.15, -0.1) is 0 Å². The van der Waals surface area contributed by atoms with Gasteiger partial charge in [0.1, 0.15) is 0 Å². The lowest BCUT2D eigenvalue weighted by Gasteiger charge is -2.07. The molecule has 1 aliphatic carbocycles. The second-order valence-electron chi connectivity index (χ2n) is 8.81. The molecular formula is C27H20N6. The number of fused-ring (bicyclic) bond motifs is 10. The van der Waals surface area contributed by atoms with Gasteiger partial charge in [-0.1, -0.05) is 30.3 Å². The number of benzene rings is 3. The molecular weight excluding hydrogens is 408 g/mol. The van der Waals surface area contributed by atoms with Crippen molar-refractivity contribution in [1.29, 1.82) is 0 Å². The summed E-state index contributed by atoms with van der Waals surface area (Å²) in [6.07, 6.45) is 6.45. The number of aryl methyl sites for hydroxylation is 2. The van der Waals surface area contributed by atoms with Crippen molar-refractivity contribution in [1.82, 2.24) is 27.9 Å². The van der Waals surface area contributed by atoms with Gasteiger partial charge in [-0.25, -0.2) is 9.97 Å². The fraction of sp³-hybridized carbons (Fsp3) is 0.111. The lowest BCUT2D eigenvalue weighted by Crippen LogP contribution is -1.96. The van der Waals surface area contributed by atoms with Gasteiger partial charge in [0.25, 0.3) is 0 Å². The van der Waals surface area contributed by atoms with Crippen molar-refractivity contribution in [2.24, 2.45) is 7.05 Å². The number of nitrogens with zero attached hydrogens (tertiary/aromatic N) is 6. The number of aromatic nitrogens is 6. The van der Waals surface area contributed by atoms with Crippen LogP contribution in [0.2, 0.25) is 0 Å². The largest absolute Gasteiger partial charge is 0.313 e. The molecule has 3 aromatic carbocycles. The maximum absolute atomic E-state index is 5.07. The van der Waals surface area contributed by atoms with Crippen molar-refractivity contribution in [3.63, 3.8) is 0 Å². The predicted octanol–water partition coefficient (Wildman–Crippen LogP) is 5.53. The van der Waals surface area contributed by atoms with Gasteiger partial charge < -0.3 is 4.57 Å². The van der Waals surface area contributed by atoms with Crippen LogP contribution >= 0.6 is 0 Å². The summed E-state index contributed by atoms with van der Waals surface area (Å²) in [6.45, 7) is 0. The number of imidazole rings is 4. The topological polar surface area (TPSA) is 44.5 Å². The van der Waals surface area contributed by atoms with Gasteiger partial charge in [0, 0.05) is 7.05 Å². The van der Waals surface area contributed by atoms with Crippen LogP contribution in [0.3, 0.4) is 0 Å². The molecule has 33 heavy (non-hydrogen) atoms. The van der Waals surface area contributed by atoms with Crippen molar-refractivity contribution < 1.29 is 0 Å². The second kappa shape index (κ2) is 5.92. The first kappa shape index (κ1) is 17.3. The summed E-state index contributed by atoms with van der Waals surface area (Å²) in [5.74, 6) is 1.92. The fourth-order valence-corrected chi connectivity index (χ4v) is 5.55. The van der Waals surface area contributed by atoms with Crippen LogP contribution in [0.1, 0.15) is 17.8 Å². The summed E-state index contributed by atoms with van der Waals surface area (Å²) in [5.41, 5.74) is 10.3. The van der Waals surface area contributed by atoms with Gasteiger partial charge in [0.05, 0.1) is 50.2 Å². The van der Waals surface area contributed by atoms with Crippen LogP contribution in [0, 0.1) is 0 Å².